The fraction of sp³-hybridized carbons (Fsp3) is 0.0588. The molecule has 0 aliphatic rings. The summed E-state index contributed by atoms with van der Waals surface area (Å²) in [5, 5.41) is 8.81. The Morgan fingerprint density at radius 1 is 1.12 bits per heavy atom. The molecule has 1 heterocycles. The van der Waals surface area contributed by atoms with Crippen LogP contribution in [0, 0.1) is 18.3 Å². The zero-order chi connectivity index (χ0) is 18.0. The summed E-state index contributed by atoms with van der Waals surface area (Å²) in [5.74, 6) is 0. The number of aromatic nitrogens is 2. The number of H-pyrrole nitrogens is 1. The molecule has 0 saturated heterocycles. The fourth-order valence-electron chi connectivity index (χ4n) is 2.42. The molecule has 0 aliphatic carbocycles. The van der Waals surface area contributed by atoms with Gasteiger partial charge in [0.15, 0.2) is 0 Å². The molecule has 0 aliphatic heterocycles. The predicted octanol–water partition coefficient (Wildman–Crippen LogP) is 2.15. The molecule has 3 aromatic rings. The number of hydrogen-bond donors (Lipinski definition) is 2. The van der Waals surface area contributed by atoms with Crippen molar-refractivity contribution in [1.29, 1.82) is 5.26 Å². The number of aromatic amines is 1. The van der Waals surface area contributed by atoms with Crippen molar-refractivity contribution in [2.45, 2.75) is 11.8 Å². The van der Waals surface area contributed by atoms with Crippen molar-refractivity contribution in [2.24, 2.45) is 0 Å². The van der Waals surface area contributed by atoms with Gasteiger partial charge in [0.05, 0.1) is 27.9 Å². The lowest BCUT2D eigenvalue weighted by atomic mass is 10.2. The van der Waals surface area contributed by atoms with Crippen LogP contribution in [-0.2, 0) is 10.0 Å². The SMILES string of the molecule is Cc1c[nH]c(=O)n1-c1ccccc1NS(=O)(=O)c1ccc(C#N)cc1. The summed E-state index contributed by atoms with van der Waals surface area (Å²) >= 11 is 0. The van der Waals surface area contributed by atoms with Crippen LogP contribution in [0.1, 0.15) is 11.3 Å². The summed E-state index contributed by atoms with van der Waals surface area (Å²) in [5.41, 5.74) is 1.35. The topological polar surface area (TPSA) is 108 Å². The van der Waals surface area contributed by atoms with E-state index in [-0.39, 0.29) is 16.3 Å². The highest BCUT2D eigenvalue weighted by atomic mass is 32.2. The van der Waals surface area contributed by atoms with Gasteiger partial charge < -0.3 is 4.98 Å². The molecule has 2 aromatic carbocycles. The zero-order valence-electron chi connectivity index (χ0n) is 13.2. The number of nitriles is 1. The Hall–Kier alpha value is -3.31. The smallest absolute Gasteiger partial charge is 0.312 e. The average molecular weight is 354 g/mol. The van der Waals surface area contributed by atoms with Crippen molar-refractivity contribution in [3.63, 3.8) is 0 Å². The van der Waals surface area contributed by atoms with E-state index in [4.69, 9.17) is 5.26 Å². The summed E-state index contributed by atoms with van der Waals surface area (Å²) in [7, 11) is -3.86. The highest BCUT2D eigenvalue weighted by Crippen LogP contribution is 2.23. The van der Waals surface area contributed by atoms with Crippen LogP contribution in [0.15, 0.2) is 64.4 Å². The van der Waals surface area contributed by atoms with E-state index in [0.717, 1.165) is 0 Å². The normalized spacial score (nSPS) is 11.0. The first-order valence-electron chi connectivity index (χ1n) is 7.32. The van der Waals surface area contributed by atoms with Gasteiger partial charge in [-0.15, -0.1) is 0 Å². The molecule has 0 fully saturated rings. The molecule has 8 heteroatoms. The van der Waals surface area contributed by atoms with Crippen LogP contribution < -0.4 is 10.4 Å². The van der Waals surface area contributed by atoms with Gasteiger partial charge in [0.2, 0.25) is 0 Å². The lowest BCUT2D eigenvalue weighted by molar-refractivity contribution is 0.601. The summed E-state index contributed by atoms with van der Waals surface area (Å²) in [6.07, 6.45) is 1.55. The predicted molar refractivity (Wildman–Crippen MR) is 93.1 cm³/mol. The van der Waals surface area contributed by atoms with Crippen LogP contribution in [-0.4, -0.2) is 18.0 Å². The highest BCUT2D eigenvalue weighted by molar-refractivity contribution is 7.92. The van der Waals surface area contributed by atoms with Crippen molar-refractivity contribution in [2.75, 3.05) is 4.72 Å². The van der Waals surface area contributed by atoms with Crippen LogP contribution >= 0.6 is 0 Å². The monoisotopic (exact) mass is 354 g/mol. The standard InChI is InChI=1S/C17H14N4O3S/c1-12-11-19-17(22)21(12)16-5-3-2-4-15(16)20-25(23,24)14-8-6-13(10-18)7-9-14/h2-9,11,20H,1H3,(H,19,22). The zero-order valence-corrected chi connectivity index (χ0v) is 14.0. The quantitative estimate of drug-likeness (QED) is 0.748. The Morgan fingerprint density at radius 2 is 1.80 bits per heavy atom. The van der Waals surface area contributed by atoms with E-state index in [1.807, 2.05) is 6.07 Å². The van der Waals surface area contributed by atoms with Crippen molar-refractivity contribution >= 4 is 15.7 Å². The Bertz CT molecular complexity index is 1120. The van der Waals surface area contributed by atoms with E-state index in [9.17, 15) is 13.2 Å². The number of hydrogen-bond acceptors (Lipinski definition) is 4. The van der Waals surface area contributed by atoms with Crippen LogP contribution in [0.4, 0.5) is 5.69 Å². The van der Waals surface area contributed by atoms with E-state index in [1.165, 1.54) is 28.8 Å². The maximum absolute atomic E-state index is 12.6. The number of para-hydroxylation sites is 2. The largest absolute Gasteiger partial charge is 0.330 e. The van der Waals surface area contributed by atoms with Crippen LogP contribution in [0.25, 0.3) is 5.69 Å². The second-order valence-corrected chi connectivity index (χ2v) is 7.01. The van der Waals surface area contributed by atoms with Gasteiger partial charge in [-0.3, -0.25) is 9.29 Å². The first-order valence-corrected chi connectivity index (χ1v) is 8.80. The van der Waals surface area contributed by atoms with E-state index in [2.05, 4.69) is 9.71 Å². The molecule has 3 rings (SSSR count). The second kappa shape index (κ2) is 6.30. The number of sulfonamides is 1. The van der Waals surface area contributed by atoms with Gasteiger partial charge in [0, 0.05) is 11.9 Å². The average Bonchev–Trinajstić information content (AvgIpc) is 2.94. The lowest BCUT2D eigenvalue weighted by Gasteiger charge is -2.13. The summed E-state index contributed by atoms with van der Waals surface area (Å²) in [6, 6.07) is 14.1. The number of anilines is 1. The summed E-state index contributed by atoms with van der Waals surface area (Å²) in [4.78, 5) is 14.6. The summed E-state index contributed by atoms with van der Waals surface area (Å²) in [6.45, 7) is 1.74. The summed E-state index contributed by atoms with van der Waals surface area (Å²) < 4.78 is 29.1. The van der Waals surface area contributed by atoms with Gasteiger partial charge in [-0.2, -0.15) is 5.26 Å². The Morgan fingerprint density at radius 3 is 2.40 bits per heavy atom. The third kappa shape index (κ3) is 3.18. The molecule has 25 heavy (non-hydrogen) atoms. The molecule has 1 aromatic heterocycles. The molecule has 7 nitrogen and oxygen atoms in total. The minimum absolute atomic E-state index is 0.0273. The molecule has 0 unspecified atom stereocenters. The molecule has 0 amide bonds. The van der Waals surface area contributed by atoms with E-state index < -0.39 is 10.0 Å². The molecular weight excluding hydrogens is 340 g/mol. The highest BCUT2D eigenvalue weighted by Gasteiger charge is 2.17. The minimum atomic E-state index is -3.86. The maximum atomic E-state index is 12.6. The molecule has 2 N–H and O–H groups in total. The van der Waals surface area contributed by atoms with Gasteiger partial charge in [0.1, 0.15) is 0 Å². The Labute approximate surface area is 144 Å². The van der Waals surface area contributed by atoms with Crippen LogP contribution in [0.2, 0.25) is 0 Å². The van der Waals surface area contributed by atoms with E-state index in [0.29, 0.717) is 16.9 Å². The first-order chi connectivity index (χ1) is 11.9. The van der Waals surface area contributed by atoms with Crippen LogP contribution in [0.3, 0.4) is 0 Å². The number of imidazole rings is 1. The molecule has 0 spiro atoms. The lowest BCUT2D eigenvalue weighted by Crippen LogP contribution is -2.20. The number of benzene rings is 2. The van der Waals surface area contributed by atoms with Gasteiger partial charge in [-0.1, -0.05) is 12.1 Å². The van der Waals surface area contributed by atoms with Crippen molar-refractivity contribution in [1.82, 2.24) is 9.55 Å². The van der Waals surface area contributed by atoms with Crippen molar-refractivity contribution in [3.8, 4) is 11.8 Å². The van der Waals surface area contributed by atoms with Crippen LogP contribution in [0.5, 0.6) is 0 Å². The third-order valence-electron chi connectivity index (χ3n) is 3.64. The number of nitrogens with zero attached hydrogens (tertiary/aromatic N) is 2. The van der Waals surface area contributed by atoms with Gasteiger partial charge in [0.25, 0.3) is 10.0 Å². The molecule has 126 valence electrons. The number of nitrogens with one attached hydrogen (secondary N) is 2. The molecule has 0 radical (unpaired) electrons. The minimum Gasteiger partial charge on any atom is -0.312 e. The Kier molecular flexibility index (Phi) is 4.17. The van der Waals surface area contributed by atoms with Gasteiger partial charge >= 0.3 is 5.69 Å². The van der Waals surface area contributed by atoms with Crippen molar-refractivity contribution < 1.29 is 8.42 Å². The number of aryl methyl sites for hydroxylation is 1. The van der Waals surface area contributed by atoms with Crippen molar-refractivity contribution in [3.05, 3.63) is 76.5 Å². The van der Waals surface area contributed by atoms with E-state index >= 15 is 0 Å². The molecule has 0 bridgehead atoms. The fourth-order valence-corrected chi connectivity index (χ4v) is 3.50. The first kappa shape index (κ1) is 16.5. The molecule has 0 saturated carbocycles. The molecule has 0 atom stereocenters. The second-order valence-electron chi connectivity index (χ2n) is 5.33. The number of rotatable bonds is 4. The van der Waals surface area contributed by atoms with Gasteiger partial charge in [-0.25, -0.2) is 13.2 Å². The maximum Gasteiger partial charge on any atom is 0.330 e. The Balaban J connectivity index is 2.04. The molecular formula is C17H14N4O3S. The van der Waals surface area contributed by atoms with Gasteiger partial charge in [-0.05, 0) is 43.3 Å². The van der Waals surface area contributed by atoms with E-state index in [1.54, 1.807) is 37.4 Å². The third-order valence-corrected chi connectivity index (χ3v) is 5.02.